The van der Waals surface area contributed by atoms with Gasteiger partial charge in [0.2, 0.25) is 5.76 Å². The van der Waals surface area contributed by atoms with E-state index >= 15 is 0 Å². The molecule has 6 nitrogen and oxygen atoms in total. The van der Waals surface area contributed by atoms with Gasteiger partial charge in [-0.25, -0.2) is 9.18 Å². The van der Waals surface area contributed by atoms with Crippen molar-refractivity contribution in [2.24, 2.45) is 0 Å². The van der Waals surface area contributed by atoms with Crippen molar-refractivity contribution in [3.8, 4) is 17.3 Å². The predicted molar refractivity (Wildman–Crippen MR) is 93.4 cm³/mol. The van der Waals surface area contributed by atoms with E-state index in [0.29, 0.717) is 23.0 Å². The maximum absolute atomic E-state index is 12.8. The Balaban J connectivity index is 1.32. The summed E-state index contributed by atoms with van der Waals surface area (Å²) >= 11 is 0. The zero-order valence-corrected chi connectivity index (χ0v) is 14.1. The molecule has 0 atom stereocenters. The third kappa shape index (κ3) is 3.98. The first-order valence-electron chi connectivity index (χ1n) is 8.16. The van der Waals surface area contributed by atoms with Gasteiger partial charge in [-0.05, 0) is 36.4 Å². The molecule has 2 aromatic carbocycles. The van der Waals surface area contributed by atoms with Crippen LogP contribution in [0.3, 0.4) is 0 Å². The summed E-state index contributed by atoms with van der Waals surface area (Å²) in [5, 5.41) is 4.82. The minimum absolute atomic E-state index is 0.0602. The molecule has 2 aromatic heterocycles. The number of para-hydroxylation sites is 1. The molecule has 0 radical (unpaired) electrons. The molecule has 4 aromatic rings. The zero-order chi connectivity index (χ0) is 18.6. The van der Waals surface area contributed by atoms with Crippen molar-refractivity contribution in [1.29, 1.82) is 0 Å². The summed E-state index contributed by atoms with van der Waals surface area (Å²) in [4.78, 5) is 11.8. The number of fused-ring (bicyclic) bond motifs is 1. The standard InChI is InChI=1S/C20H14FNO5/c21-14-5-7-16(8-6-14)24-12-20(23)25-11-15-10-19(27-22-15)18-9-13-3-1-2-4-17(13)26-18/h1-10H,11-12H2. The molecule has 7 heteroatoms. The molecule has 136 valence electrons. The van der Waals surface area contributed by atoms with Crippen LogP contribution in [0.2, 0.25) is 0 Å². The number of carbonyl (C=O) groups excluding carboxylic acids is 1. The Morgan fingerprint density at radius 3 is 2.67 bits per heavy atom. The van der Waals surface area contributed by atoms with E-state index in [0.717, 1.165) is 11.0 Å². The van der Waals surface area contributed by atoms with Crippen LogP contribution in [0.25, 0.3) is 22.5 Å². The average Bonchev–Trinajstić information content (AvgIpc) is 3.32. The van der Waals surface area contributed by atoms with E-state index in [-0.39, 0.29) is 19.0 Å². The highest BCUT2D eigenvalue weighted by atomic mass is 19.1. The van der Waals surface area contributed by atoms with Crippen LogP contribution in [-0.2, 0) is 16.1 Å². The second kappa shape index (κ2) is 7.33. The summed E-state index contributed by atoms with van der Waals surface area (Å²) in [5.41, 5.74) is 1.19. The van der Waals surface area contributed by atoms with Gasteiger partial charge in [0, 0.05) is 11.5 Å². The van der Waals surface area contributed by atoms with Crippen LogP contribution in [0, 0.1) is 5.82 Å². The molecule has 0 saturated heterocycles. The van der Waals surface area contributed by atoms with Gasteiger partial charge in [-0.15, -0.1) is 0 Å². The first-order chi connectivity index (χ1) is 13.2. The summed E-state index contributed by atoms with van der Waals surface area (Å²) in [5.74, 6) is 0.409. The number of furan rings is 1. The Bertz CT molecular complexity index is 1030. The van der Waals surface area contributed by atoms with E-state index < -0.39 is 5.97 Å². The first kappa shape index (κ1) is 16.8. The smallest absolute Gasteiger partial charge is 0.344 e. The number of ether oxygens (including phenoxy) is 2. The summed E-state index contributed by atoms with van der Waals surface area (Å²) in [6.07, 6.45) is 0. The van der Waals surface area contributed by atoms with Gasteiger partial charge in [-0.2, -0.15) is 0 Å². The Morgan fingerprint density at radius 2 is 1.85 bits per heavy atom. The molecule has 2 heterocycles. The Labute approximate surface area is 153 Å². The van der Waals surface area contributed by atoms with Crippen LogP contribution in [0.15, 0.2) is 69.6 Å². The highest BCUT2D eigenvalue weighted by Crippen LogP contribution is 2.28. The van der Waals surface area contributed by atoms with Crippen LogP contribution in [0.4, 0.5) is 4.39 Å². The summed E-state index contributed by atoms with van der Waals surface area (Å²) in [6.45, 7) is -0.352. The van der Waals surface area contributed by atoms with E-state index in [2.05, 4.69) is 5.16 Å². The third-order valence-electron chi connectivity index (χ3n) is 3.78. The van der Waals surface area contributed by atoms with Gasteiger partial charge >= 0.3 is 5.97 Å². The number of hydrogen-bond donors (Lipinski definition) is 0. The lowest BCUT2D eigenvalue weighted by Gasteiger charge is -2.05. The largest absolute Gasteiger partial charge is 0.482 e. The van der Waals surface area contributed by atoms with Crippen molar-refractivity contribution in [1.82, 2.24) is 5.16 Å². The monoisotopic (exact) mass is 367 g/mol. The van der Waals surface area contributed by atoms with Crippen LogP contribution in [0.1, 0.15) is 5.69 Å². The lowest BCUT2D eigenvalue weighted by atomic mass is 10.2. The number of benzene rings is 2. The Kier molecular flexibility index (Phi) is 4.57. The third-order valence-corrected chi connectivity index (χ3v) is 3.78. The fourth-order valence-corrected chi connectivity index (χ4v) is 2.47. The van der Waals surface area contributed by atoms with Crippen LogP contribution >= 0.6 is 0 Å². The van der Waals surface area contributed by atoms with E-state index in [1.807, 2.05) is 30.3 Å². The molecule has 0 aliphatic heterocycles. The highest BCUT2D eigenvalue weighted by molar-refractivity contribution is 5.81. The first-order valence-corrected chi connectivity index (χ1v) is 8.16. The number of aromatic nitrogens is 1. The van der Waals surface area contributed by atoms with Crippen molar-refractivity contribution in [2.75, 3.05) is 6.61 Å². The van der Waals surface area contributed by atoms with Crippen molar-refractivity contribution in [2.45, 2.75) is 6.61 Å². The zero-order valence-electron chi connectivity index (χ0n) is 14.1. The summed E-state index contributed by atoms with van der Waals surface area (Å²) < 4.78 is 34.1. The molecule has 27 heavy (non-hydrogen) atoms. The van der Waals surface area contributed by atoms with E-state index in [1.165, 1.54) is 24.3 Å². The van der Waals surface area contributed by atoms with Crippen molar-refractivity contribution in [3.05, 3.63) is 72.2 Å². The van der Waals surface area contributed by atoms with Gasteiger partial charge in [0.15, 0.2) is 12.4 Å². The van der Waals surface area contributed by atoms with Crippen molar-refractivity contribution >= 4 is 16.9 Å². The van der Waals surface area contributed by atoms with Crippen LogP contribution in [-0.4, -0.2) is 17.7 Å². The van der Waals surface area contributed by atoms with Gasteiger partial charge < -0.3 is 18.4 Å². The molecule has 0 unspecified atom stereocenters. The average molecular weight is 367 g/mol. The minimum Gasteiger partial charge on any atom is -0.482 e. The van der Waals surface area contributed by atoms with E-state index in [1.54, 1.807) is 6.07 Å². The number of carbonyl (C=O) groups is 1. The normalized spacial score (nSPS) is 10.9. The molecule has 0 aliphatic rings. The van der Waals surface area contributed by atoms with Crippen molar-refractivity contribution in [3.63, 3.8) is 0 Å². The molecule has 0 amide bonds. The van der Waals surface area contributed by atoms with Gasteiger partial charge in [0.1, 0.15) is 29.5 Å². The molecule has 0 spiro atoms. The van der Waals surface area contributed by atoms with E-state index in [4.69, 9.17) is 18.4 Å². The molecule has 0 fully saturated rings. The lowest BCUT2D eigenvalue weighted by Crippen LogP contribution is -2.14. The highest BCUT2D eigenvalue weighted by Gasteiger charge is 2.13. The maximum Gasteiger partial charge on any atom is 0.344 e. The van der Waals surface area contributed by atoms with E-state index in [9.17, 15) is 9.18 Å². The fraction of sp³-hybridized carbons (Fsp3) is 0.100. The lowest BCUT2D eigenvalue weighted by molar-refractivity contribution is -0.147. The topological polar surface area (TPSA) is 74.7 Å². The fourth-order valence-electron chi connectivity index (χ4n) is 2.47. The van der Waals surface area contributed by atoms with Crippen LogP contribution in [0.5, 0.6) is 5.75 Å². The number of nitrogens with zero attached hydrogens (tertiary/aromatic N) is 1. The summed E-state index contributed by atoms with van der Waals surface area (Å²) in [6, 6.07) is 16.4. The minimum atomic E-state index is -0.576. The second-order valence-corrected chi connectivity index (χ2v) is 5.73. The summed E-state index contributed by atoms with van der Waals surface area (Å²) in [7, 11) is 0. The molecule has 4 rings (SSSR count). The van der Waals surface area contributed by atoms with Gasteiger partial charge in [0.05, 0.1) is 0 Å². The maximum atomic E-state index is 12.8. The Hall–Kier alpha value is -3.61. The number of rotatable bonds is 6. The number of hydrogen-bond acceptors (Lipinski definition) is 6. The molecular formula is C20H14FNO5. The molecule has 0 saturated carbocycles. The second-order valence-electron chi connectivity index (χ2n) is 5.73. The van der Waals surface area contributed by atoms with Gasteiger partial charge in [-0.1, -0.05) is 23.4 Å². The van der Waals surface area contributed by atoms with Crippen molar-refractivity contribution < 1.29 is 27.6 Å². The van der Waals surface area contributed by atoms with Gasteiger partial charge in [0.25, 0.3) is 0 Å². The molecule has 0 aliphatic carbocycles. The SMILES string of the molecule is O=C(COc1ccc(F)cc1)OCc1cc(-c2cc3ccccc3o2)on1. The number of halogens is 1. The molecule has 0 bridgehead atoms. The number of esters is 1. The quantitative estimate of drug-likeness (QED) is 0.472. The van der Waals surface area contributed by atoms with Gasteiger partial charge in [-0.3, -0.25) is 0 Å². The van der Waals surface area contributed by atoms with Crippen LogP contribution < -0.4 is 4.74 Å². The predicted octanol–water partition coefficient (Wildman–Crippen LogP) is 4.35. The molecule has 0 N–H and O–H groups in total. The Morgan fingerprint density at radius 1 is 1.04 bits per heavy atom. The molecular weight excluding hydrogens is 353 g/mol.